The predicted molar refractivity (Wildman–Crippen MR) is 128 cm³/mol. The fraction of sp³-hybridized carbons (Fsp3) is 0.423. The molecule has 0 radical (unpaired) electrons. The number of amides is 1. The van der Waals surface area contributed by atoms with Gasteiger partial charge in [0.25, 0.3) is 0 Å². The van der Waals surface area contributed by atoms with E-state index in [0.29, 0.717) is 12.6 Å². The number of nitrogens with zero attached hydrogens (tertiary/aromatic N) is 6. The molecule has 1 amide bonds. The number of benzene rings is 1. The number of pyridine rings is 1. The van der Waals surface area contributed by atoms with E-state index in [1.54, 1.807) is 0 Å². The van der Waals surface area contributed by atoms with Crippen LogP contribution in [0.1, 0.15) is 35.5 Å². The third-order valence-electron chi connectivity index (χ3n) is 6.94. The number of carbonyl (C=O) groups excluding carboxylic acids is 1. The number of hydrogen-bond donors (Lipinski definition) is 0. The summed E-state index contributed by atoms with van der Waals surface area (Å²) in [6, 6.07) is 15.0. The first-order valence-corrected chi connectivity index (χ1v) is 11.9. The van der Waals surface area contributed by atoms with Crippen LogP contribution in [-0.2, 0) is 17.8 Å². The van der Waals surface area contributed by atoms with Crippen LogP contribution < -0.4 is 0 Å². The number of aromatic nitrogens is 3. The number of aryl methyl sites for hydroxylation is 1. The Morgan fingerprint density at radius 1 is 1.06 bits per heavy atom. The predicted octanol–water partition coefficient (Wildman–Crippen LogP) is 2.84. The molecule has 3 aromatic rings. The monoisotopic (exact) mass is 444 g/mol. The Kier molecular flexibility index (Phi) is 6.24. The lowest BCUT2D eigenvalue weighted by Crippen LogP contribution is -2.51. The van der Waals surface area contributed by atoms with Gasteiger partial charge in [0.15, 0.2) is 0 Å². The second kappa shape index (κ2) is 9.45. The first-order valence-electron chi connectivity index (χ1n) is 11.9. The van der Waals surface area contributed by atoms with E-state index in [1.807, 2.05) is 34.8 Å². The molecule has 1 fully saturated rings. The van der Waals surface area contributed by atoms with Crippen molar-refractivity contribution in [2.45, 2.75) is 32.9 Å². The average Bonchev–Trinajstić information content (AvgIpc) is 3.28. The highest BCUT2D eigenvalue weighted by Crippen LogP contribution is 2.22. The van der Waals surface area contributed by atoms with Crippen LogP contribution in [0.15, 0.2) is 54.9 Å². The van der Waals surface area contributed by atoms with Gasteiger partial charge in [0.05, 0.1) is 17.9 Å². The molecule has 1 atom stereocenters. The van der Waals surface area contributed by atoms with Crippen molar-refractivity contribution in [1.82, 2.24) is 29.5 Å². The molecule has 7 nitrogen and oxygen atoms in total. The molecule has 2 aliphatic rings. The molecule has 2 aromatic heterocycles. The summed E-state index contributed by atoms with van der Waals surface area (Å²) in [4.78, 5) is 24.1. The molecule has 0 spiro atoms. The number of carbonyl (C=O) groups is 1. The van der Waals surface area contributed by atoms with Crippen LogP contribution in [0.3, 0.4) is 0 Å². The van der Waals surface area contributed by atoms with Crippen LogP contribution in [0.5, 0.6) is 0 Å². The maximum Gasteiger partial charge on any atom is 0.236 e. The number of rotatable bonds is 5. The Balaban J connectivity index is 1.15. The smallest absolute Gasteiger partial charge is 0.236 e. The van der Waals surface area contributed by atoms with Crippen molar-refractivity contribution in [3.63, 3.8) is 0 Å². The van der Waals surface area contributed by atoms with Crippen LogP contribution in [-0.4, -0.2) is 74.6 Å². The topological polar surface area (TPSA) is 57.5 Å². The van der Waals surface area contributed by atoms with Gasteiger partial charge in [0.2, 0.25) is 5.91 Å². The molecule has 4 heterocycles. The Labute approximate surface area is 195 Å². The fourth-order valence-corrected chi connectivity index (χ4v) is 4.90. The van der Waals surface area contributed by atoms with Crippen LogP contribution >= 0.6 is 0 Å². The lowest BCUT2D eigenvalue weighted by atomic mass is 10.1. The molecule has 1 unspecified atom stereocenters. The molecule has 1 aromatic carbocycles. The van der Waals surface area contributed by atoms with Gasteiger partial charge in [-0.1, -0.05) is 30.3 Å². The summed E-state index contributed by atoms with van der Waals surface area (Å²) in [5.74, 6) is 0.239. The Bertz CT molecular complexity index is 1100. The van der Waals surface area contributed by atoms with Crippen molar-refractivity contribution >= 4 is 5.91 Å². The van der Waals surface area contributed by atoms with E-state index >= 15 is 0 Å². The van der Waals surface area contributed by atoms with E-state index in [1.165, 1.54) is 11.1 Å². The van der Waals surface area contributed by atoms with Crippen molar-refractivity contribution in [3.05, 3.63) is 77.4 Å². The van der Waals surface area contributed by atoms with Crippen molar-refractivity contribution in [2.24, 2.45) is 0 Å². The van der Waals surface area contributed by atoms with Crippen LogP contribution in [0.25, 0.3) is 5.69 Å². The van der Waals surface area contributed by atoms with E-state index in [2.05, 4.69) is 58.2 Å². The van der Waals surface area contributed by atoms with Gasteiger partial charge >= 0.3 is 0 Å². The summed E-state index contributed by atoms with van der Waals surface area (Å²) in [6.45, 7) is 9.81. The van der Waals surface area contributed by atoms with E-state index in [-0.39, 0.29) is 5.91 Å². The molecule has 172 valence electrons. The zero-order valence-electron chi connectivity index (χ0n) is 19.5. The quantitative estimate of drug-likeness (QED) is 0.606. The molecule has 0 N–H and O–H groups in total. The van der Waals surface area contributed by atoms with Gasteiger partial charge in [-0.2, -0.15) is 5.10 Å². The SMILES string of the molecule is Cc1cc(-n2cc3c(n2)CCN(CC(=O)N2CCN(C(C)c4ccccc4)CC2)C3)ccn1. The van der Waals surface area contributed by atoms with Crippen LogP contribution in [0.2, 0.25) is 0 Å². The summed E-state index contributed by atoms with van der Waals surface area (Å²) in [7, 11) is 0. The van der Waals surface area contributed by atoms with Gasteiger partial charge in [-0.25, -0.2) is 4.68 Å². The highest BCUT2D eigenvalue weighted by molar-refractivity contribution is 5.78. The normalized spacial score (nSPS) is 18.2. The minimum absolute atomic E-state index is 0.239. The number of piperazine rings is 1. The van der Waals surface area contributed by atoms with Crippen molar-refractivity contribution in [2.75, 3.05) is 39.3 Å². The molecule has 7 heteroatoms. The number of hydrogen-bond acceptors (Lipinski definition) is 5. The highest BCUT2D eigenvalue weighted by atomic mass is 16.2. The summed E-state index contributed by atoms with van der Waals surface area (Å²) in [5.41, 5.74) is 5.69. The van der Waals surface area contributed by atoms with Crippen LogP contribution in [0, 0.1) is 6.92 Å². The molecular weight excluding hydrogens is 412 g/mol. The van der Waals surface area contributed by atoms with E-state index in [0.717, 1.165) is 62.8 Å². The largest absolute Gasteiger partial charge is 0.339 e. The first-order chi connectivity index (χ1) is 16.1. The summed E-state index contributed by atoms with van der Waals surface area (Å²) >= 11 is 0. The minimum atomic E-state index is 0.239. The highest BCUT2D eigenvalue weighted by Gasteiger charge is 2.27. The van der Waals surface area contributed by atoms with E-state index < -0.39 is 0 Å². The van der Waals surface area contributed by atoms with Crippen molar-refractivity contribution < 1.29 is 4.79 Å². The third-order valence-corrected chi connectivity index (χ3v) is 6.94. The summed E-state index contributed by atoms with van der Waals surface area (Å²) in [6.07, 6.45) is 4.79. The van der Waals surface area contributed by atoms with Gasteiger partial charge in [-0.15, -0.1) is 0 Å². The molecule has 5 rings (SSSR count). The molecule has 1 saturated heterocycles. The average molecular weight is 445 g/mol. The first kappa shape index (κ1) is 21.8. The molecule has 0 bridgehead atoms. The Morgan fingerprint density at radius 3 is 2.61 bits per heavy atom. The Morgan fingerprint density at radius 2 is 1.85 bits per heavy atom. The Hall–Kier alpha value is -3.03. The molecular formula is C26H32N6O. The zero-order chi connectivity index (χ0) is 22.8. The van der Waals surface area contributed by atoms with Gasteiger partial charge < -0.3 is 4.90 Å². The molecule has 33 heavy (non-hydrogen) atoms. The maximum absolute atomic E-state index is 13.0. The molecule has 0 aliphatic carbocycles. The second-order valence-corrected chi connectivity index (χ2v) is 9.17. The van der Waals surface area contributed by atoms with Gasteiger partial charge in [0.1, 0.15) is 0 Å². The standard InChI is InChI=1S/C26H32N6O/c1-20-16-24(8-10-27-20)32-18-23-17-29(11-9-25(23)28-32)19-26(33)31-14-12-30(13-15-31)21(2)22-6-4-3-5-7-22/h3-8,10,16,18,21H,9,11-15,17,19H2,1-2H3. The second-order valence-electron chi connectivity index (χ2n) is 9.17. The maximum atomic E-state index is 13.0. The fourth-order valence-electron chi connectivity index (χ4n) is 4.90. The van der Waals surface area contributed by atoms with E-state index in [4.69, 9.17) is 5.10 Å². The summed E-state index contributed by atoms with van der Waals surface area (Å²) in [5, 5.41) is 4.78. The van der Waals surface area contributed by atoms with Gasteiger partial charge in [0, 0.05) is 75.4 Å². The van der Waals surface area contributed by atoms with Crippen LogP contribution in [0.4, 0.5) is 0 Å². The van der Waals surface area contributed by atoms with Gasteiger partial charge in [-0.05, 0) is 31.5 Å². The lowest BCUT2D eigenvalue weighted by molar-refractivity contribution is -0.134. The third kappa shape index (κ3) is 4.84. The van der Waals surface area contributed by atoms with Crippen molar-refractivity contribution in [3.8, 4) is 5.69 Å². The molecule has 2 aliphatic heterocycles. The van der Waals surface area contributed by atoms with Gasteiger partial charge in [-0.3, -0.25) is 19.6 Å². The summed E-state index contributed by atoms with van der Waals surface area (Å²) < 4.78 is 1.94. The minimum Gasteiger partial charge on any atom is -0.339 e. The molecule has 0 saturated carbocycles. The zero-order valence-corrected chi connectivity index (χ0v) is 19.5. The number of fused-ring (bicyclic) bond motifs is 1. The van der Waals surface area contributed by atoms with Crippen molar-refractivity contribution in [1.29, 1.82) is 0 Å². The van der Waals surface area contributed by atoms with E-state index in [9.17, 15) is 4.79 Å². The lowest BCUT2D eigenvalue weighted by Gasteiger charge is -2.39.